The maximum absolute atomic E-state index is 12.3. The second kappa shape index (κ2) is 4.12. The van der Waals surface area contributed by atoms with Crippen LogP contribution in [0.25, 0.3) is 11.0 Å². The third-order valence-electron chi connectivity index (χ3n) is 2.61. The Morgan fingerprint density at radius 3 is 2.89 bits per heavy atom. The molecule has 0 amide bonds. The van der Waals surface area contributed by atoms with Crippen molar-refractivity contribution in [3.63, 3.8) is 0 Å². The van der Waals surface area contributed by atoms with Gasteiger partial charge in [-0.05, 0) is 24.3 Å². The van der Waals surface area contributed by atoms with Crippen molar-refractivity contribution >= 4 is 45.6 Å². The zero-order valence-electron chi connectivity index (χ0n) is 9.13. The molecule has 90 valence electrons. The van der Waals surface area contributed by atoms with E-state index in [1.54, 1.807) is 24.3 Å². The minimum absolute atomic E-state index is 0.153. The molecule has 0 atom stereocenters. The number of thiophene rings is 1. The molecule has 0 aliphatic heterocycles. The van der Waals surface area contributed by atoms with Gasteiger partial charge in [0.05, 0.1) is 20.4 Å². The summed E-state index contributed by atoms with van der Waals surface area (Å²) >= 11 is 7.07. The summed E-state index contributed by atoms with van der Waals surface area (Å²) in [6, 6.07) is 8.77. The van der Waals surface area contributed by atoms with Crippen molar-refractivity contribution in [1.82, 2.24) is 9.55 Å². The minimum atomic E-state index is -0.153. The Morgan fingerprint density at radius 1 is 1.33 bits per heavy atom. The Hall–Kier alpha value is -1.85. The van der Waals surface area contributed by atoms with E-state index < -0.39 is 0 Å². The fourth-order valence-electron chi connectivity index (χ4n) is 1.77. The van der Waals surface area contributed by atoms with Crippen molar-refractivity contribution in [3.8, 4) is 0 Å². The summed E-state index contributed by atoms with van der Waals surface area (Å²) in [6.07, 6.45) is 1.48. The molecule has 3 aromatic rings. The molecule has 2 N–H and O–H groups in total. The van der Waals surface area contributed by atoms with Crippen LogP contribution < -0.4 is 5.73 Å². The van der Waals surface area contributed by atoms with Gasteiger partial charge in [0.15, 0.2) is 0 Å². The van der Waals surface area contributed by atoms with Gasteiger partial charge in [-0.2, -0.15) is 0 Å². The number of para-hydroxylation sites is 1. The predicted molar refractivity (Wildman–Crippen MR) is 73.2 cm³/mol. The summed E-state index contributed by atoms with van der Waals surface area (Å²) in [5, 5.41) is 0. The highest BCUT2D eigenvalue weighted by molar-refractivity contribution is 7.18. The molecule has 1 aromatic carbocycles. The van der Waals surface area contributed by atoms with Gasteiger partial charge in [0.25, 0.3) is 5.91 Å². The molecule has 0 aliphatic carbocycles. The van der Waals surface area contributed by atoms with Gasteiger partial charge in [-0.3, -0.25) is 9.36 Å². The second-order valence-electron chi connectivity index (χ2n) is 3.74. The van der Waals surface area contributed by atoms with E-state index in [1.165, 1.54) is 22.2 Å². The van der Waals surface area contributed by atoms with Crippen LogP contribution in [0.1, 0.15) is 9.67 Å². The number of carbonyl (C=O) groups is 1. The molecule has 0 spiro atoms. The number of hydrogen-bond acceptors (Lipinski definition) is 4. The summed E-state index contributed by atoms with van der Waals surface area (Å²) < 4.78 is 2.07. The number of hydrogen-bond donors (Lipinski definition) is 1. The first-order valence-electron chi connectivity index (χ1n) is 5.18. The fourth-order valence-corrected chi connectivity index (χ4v) is 2.75. The summed E-state index contributed by atoms with van der Waals surface area (Å²) in [5.74, 6) is -0.153. The van der Waals surface area contributed by atoms with Crippen LogP contribution in [0.4, 0.5) is 5.69 Å². The van der Waals surface area contributed by atoms with Crippen LogP contribution in [0.3, 0.4) is 0 Å². The molecule has 6 heteroatoms. The largest absolute Gasteiger partial charge is 0.397 e. The van der Waals surface area contributed by atoms with Gasteiger partial charge in [-0.1, -0.05) is 17.7 Å². The molecule has 0 unspecified atom stereocenters. The van der Waals surface area contributed by atoms with Gasteiger partial charge in [-0.25, -0.2) is 4.98 Å². The monoisotopic (exact) mass is 277 g/mol. The SMILES string of the molecule is Nc1cccc2c1ncn2C(=O)c1ccc(Cl)s1. The van der Waals surface area contributed by atoms with E-state index in [-0.39, 0.29) is 5.91 Å². The van der Waals surface area contributed by atoms with E-state index in [0.29, 0.717) is 25.9 Å². The van der Waals surface area contributed by atoms with Crippen LogP contribution in [-0.2, 0) is 0 Å². The molecular weight excluding hydrogens is 270 g/mol. The van der Waals surface area contributed by atoms with E-state index in [9.17, 15) is 4.79 Å². The molecule has 0 fully saturated rings. The van der Waals surface area contributed by atoms with E-state index in [4.69, 9.17) is 17.3 Å². The highest BCUT2D eigenvalue weighted by Gasteiger charge is 2.15. The maximum Gasteiger partial charge on any atom is 0.273 e. The lowest BCUT2D eigenvalue weighted by molar-refractivity contribution is 0.0968. The Balaban J connectivity index is 2.15. The van der Waals surface area contributed by atoms with Gasteiger partial charge in [0, 0.05) is 0 Å². The van der Waals surface area contributed by atoms with Crippen molar-refractivity contribution in [2.45, 2.75) is 0 Å². The molecule has 2 heterocycles. The van der Waals surface area contributed by atoms with Crippen molar-refractivity contribution < 1.29 is 4.79 Å². The number of aromatic nitrogens is 2. The van der Waals surface area contributed by atoms with Crippen molar-refractivity contribution in [2.75, 3.05) is 5.73 Å². The van der Waals surface area contributed by atoms with Crippen LogP contribution in [0.15, 0.2) is 36.7 Å². The molecule has 3 rings (SSSR count). The predicted octanol–water partition coefficient (Wildman–Crippen LogP) is 3.02. The molecule has 18 heavy (non-hydrogen) atoms. The highest BCUT2D eigenvalue weighted by Crippen LogP contribution is 2.25. The van der Waals surface area contributed by atoms with Gasteiger partial charge in [0.2, 0.25) is 0 Å². The summed E-state index contributed by atoms with van der Waals surface area (Å²) in [4.78, 5) is 17.0. The van der Waals surface area contributed by atoms with Crippen LogP contribution in [0, 0.1) is 0 Å². The Labute approximate surface area is 112 Å². The van der Waals surface area contributed by atoms with Crippen molar-refractivity contribution in [2.24, 2.45) is 0 Å². The number of benzene rings is 1. The Morgan fingerprint density at radius 2 is 2.17 bits per heavy atom. The molecule has 0 radical (unpaired) electrons. The maximum atomic E-state index is 12.3. The lowest BCUT2D eigenvalue weighted by Crippen LogP contribution is -2.08. The number of nitrogen functional groups attached to an aromatic ring is 1. The average molecular weight is 278 g/mol. The Kier molecular flexibility index (Phi) is 2.57. The molecule has 2 aromatic heterocycles. The number of rotatable bonds is 1. The molecule has 0 aliphatic rings. The van der Waals surface area contributed by atoms with Crippen LogP contribution >= 0.6 is 22.9 Å². The van der Waals surface area contributed by atoms with Crippen LogP contribution in [-0.4, -0.2) is 15.5 Å². The first kappa shape index (κ1) is 11.3. The van der Waals surface area contributed by atoms with E-state index in [2.05, 4.69) is 4.98 Å². The quantitative estimate of drug-likeness (QED) is 0.696. The number of nitrogens with zero attached hydrogens (tertiary/aromatic N) is 2. The average Bonchev–Trinajstić information content (AvgIpc) is 2.95. The first-order valence-corrected chi connectivity index (χ1v) is 6.38. The normalized spacial score (nSPS) is 10.9. The van der Waals surface area contributed by atoms with Gasteiger partial charge >= 0.3 is 0 Å². The van der Waals surface area contributed by atoms with Gasteiger partial charge < -0.3 is 5.73 Å². The third-order valence-corrected chi connectivity index (χ3v) is 3.83. The molecule has 0 bridgehead atoms. The first-order chi connectivity index (χ1) is 8.66. The number of imidazole rings is 1. The van der Waals surface area contributed by atoms with Crippen LogP contribution in [0.5, 0.6) is 0 Å². The molecule has 0 saturated carbocycles. The van der Waals surface area contributed by atoms with Crippen molar-refractivity contribution in [3.05, 3.63) is 45.9 Å². The lowest BCUT2D eigenvalue weighted by Gasteiger charge is -2.00. The zero-order chi connectivity index (χ0) is 12.7. The van der Waals surface area contributed by atoms with E-state index in [0.717, 1.165) is 0 Å². The molecule has 0 saturated heterocycles. The molecule has 4 nitrogen and oxygen atoms in total. The van der Waals surface area contributed by atoms with Crippen molar-refractivity contribution in [1.29, 1.82) is 0 Å². The Bertz CT molecular complexity index is 747. The summed E-state index contributed by atoms with van der Waals surface area (Å²) in [7, 11) is 0. The number of nitrogens with two attached hydrogens (primary N) is 1. The summed E-state index contributed by atoms with van der Waals surface area (Å²) in [6.45, 7) is 0. The molecular formula is C12H8ClN3OS. The van der Waals surface area contributed by atoms with Crippen LogP contribution in [0.2, 0.25) is 4.34 Å². The zero-order valence-corrected chi connectivity index (χ0v) is 10.7. The fraction of sp³-hybridized carbons (Fsp3) is 0. The van der Waals surface area contributed by atoms with Gasteiger partial charge in [0.1, 0.15) is 11.8 Å². The third kappa shape index (κ3) is 1.68. The number of halogens is 1. The second-order valence-corrected chi connectivity index (χ2v) is 5.45. The smallest absolute Gasteiger partial charge is 0.273 e. The van der Waals surface area contributed by atoms with Gasteiger partial charge in [-0.15, -0.1) is 11.3 Å². The summed E-state index contributed by atoms with van der Waals surface area (Å²) in [5.41, 5.74) is 7.70. The highest BCUT2D eigenvalue weighted by atomic mass is 35.5. The van der Waals surface area contributed by atoms with E-state index >= 15 is 0 Å². The number of anilines is 1. The standard InChI is InChI=1S/C12H8ClN3OS/c13-10-5-4-9(18-10)12(17)16-6-15-11-7(14)2-1-3-8(11)16/h1-6H,14H2. The number of carbonyl (C=O) groups excluding carboxylic acids is 1. The lowest BCUT2D eigenvalue weighted by atomic mass is 10.2. The van der Waals surface area contributed by atoms with E-state index in [1.807, 2.05) is 6.07 Å². The topological polar surface area (TPSA) is 60.9 Å². The minimum Gasteiger partial charge on any atom is -0.397 e. The number of fused-ring (bicyclic) bond motifs is 1.